The van der Waals surface area contributed by atoms with Crippen molar-refractivity contribution in [2.45, 2.75) is 17.9 Å². The van der Waals surface area contributed by atoms with E-state index in [1.807, 2.05) is 37.4 Å². The Hall–Kier alpha value is -1.20. The maximum absolute atomic E-state index is 11.1. The molecule has 0 aliphatic heterocycles. The van der Waals surface area contributed by atoms with E-state index in [0.29, 0.717) is 6.54 Å². The van der Waals surface area contributed by atoms with Crippen LogP contribution in [0.1, 0.15) is 18.6 Å². The lowest BCUT2D eigenvalue weighted by Gasteiger charge is -2.12. The smallest absolute Gasteiger partial charge is 0.314 e. The highest BCUT2D eigenvalue weighted by Crippen LogP contribution is 2.18. The molecule has 1 aromatic carbocycles. The van der Waals surface area contributed by atoms with Crippen LogP contribution in [0.5, 0.6) is 0 Å². The number of hydrogen-bond acceptors (Lipinski definition) is 3. The maximum atomic E-state index is 11.1. The summed E-state index contributed by atoms with van der Waals surface area (Å²) >= 11 is 1.65. The first kappa shape index (κ1) is 13.9. The number of urea groups is 1. The summed E-state index contributed by atoms with van der Waals surface area (Å²) in [6.07, 6.45) is 1.33. The number of amides is 2. The second kappa shape index (κ2) is 7.19. The number of carbonyl (C=O) groups excluding carboxylic acids is 1. The Labute approximate surface area is 106 Å². The van der Waals surface area contributed by atoms with Crippen LogP contribution in [-0.4, -0.2) is 30.5 Å². The molecule has 0 aromatic heterocycles. The molecule has 0 bridgehead atoms. The molecule has 5 heteroatoms. The van der Waals surface area contributed by atoms with E-state index >= 15 is 0 Å². The van der Waals surface area contributed by atoms with Crippen molar-refractivity contribution in [2.75, 3.05) is 19.3 Å². The van der Waals surface area contributed by atoms with Crippen LogP contribution < -0.4 is 10.6 Å². The van der Waals surface area contributed by atoms with Crippen molar-refractivity contribution in [3.05, 3.63) is 29.8 Å². The van der Waals surface area contributed by atoms with Crippen LogP contribution >= 0.6 is 11.8 Å². The first-order valence-electron chi connectivity index (χ1n) is 5.51. The fourth-order valence-corrected chi connectivity index (χ4v) is 1.76. The van der Waals surface area contributed by atoms with Gasteiger partial charge < -0.3 is 15.7 Å². The number of carbonyl (C=O) groups is 1. The Morgan fingerprint density at radius 3 is 2.53 bits per heavy atom. The fraction of sp³-hybridized carbons (Fsp3) is 0.417. The van der Waals surface area contributed by atoms with E-state index in [9.17, 15) is 9.90 Å². The molecule has 0 saturated heterocycles. The van der Waals surface area contributed by atoms with Gasteiger partial charge in [0.25, 0.3) is 0 Å². The standard InChI is InChI=1S/C12H18N2O2S/c1-3-13-12(16)14-8-11(15)9-4-6-10(17-2)7-5-9/h4-7,11,15H,3,8H2,1-2H3,(H2,13,14,16)/t11-/m0/s1. The molecule has 0 spiro atoms. The van der Waals surface area contributed by atoms with Gasteiger partial charge >= 0.3 is 6.03 Å². The van der Waals surface area contributed by atoms with Gasteiger partial charge in [-0.2, -0.15) is 0 Å². The lowest BCUT2D eigenvalue weighted by Crippen LogP contribution is -2.37. The molecule has 1 rings (SSSR count). The van der Waals surface area contributed by atoms with Crippen molar-refractivity contribution in [3.63, 3.8) is 0 Å². The zero-order valence-electron chi connectivity index (χ0n) is 10.1. The van der Waals surface area contributed by atoms with Gasteiger partial charge in [0.1, 0.15) is 0 Å². The second-order valence-electron chi connectivity index (χ2n) is 3.53. The topological polar surface area (TPSA) is 61.4 Å². The summed E-state index contributed by atoms with van der Waals surface area (Å²) in [5, 5.41) is 15.1. The Morgan fingerprint density at radius 1 is 1.35 bits per heavy atom. The van der Waals surface area contributed by atoms with Gasteiger partial charge in [0.15, 0.2) is 0 Å². The Morgan fingerprint density at radius 2 is 2.00 bits per heavy atom. The number of nitrogens with one attached hydrogen (secondary N) is 2. The Kier molecular flexibility index (Phi) is 5.86. The van der Waals surface area contributed by atoms with E-state index in [2.05, 4.69) is 10.6 Å². The van der Waals surface area contributed by atoms with E-state index in [0.717, 1.165) is 10.5 Å². The molecular formula is C12H18N2O2S. The number of benzene rings is 1. The van der Waals surface area contributed by atoms with Crippen LogP contribution in [0.25, 0.3) is 0 Å². The molecule has 0 fully saturated rings. The summed E-state index contributed by atoms with van der Waals surface area (Å²) in [5.41, 5.74) is 0.805. The minimum atomic E-state index is -0.673. The van der Waals surface area contributed by atoms with Gasteiger partial charge in [-0.15, -0.1) is 11.8 Å². The van der Waals surface area contributed by atoms with Gasteiger partial charge in [0.05, 0.1) is 6.10 Å². The van der Waals surface area contributed by atoms with Gasteiger partial charge in [-0.05, 0) is 30.9 Å². The highest BCUT2D eigenvalue weighted by molar-refractivity contribution is 7.98. The summed E-state index contributed by atoms with van der Waals surface area (Å²) in [7, 11) is 0. The van der Waals surface area contributed by atoms with Gasteiger partial charge in [-0.25, -0.2) is 4.79 Å². The van der Waals surface area contributed by atoms with E-state index < -0.39 is 6.10 Å². The van der Waals surface area contributed by atoms with Crippen molar-refractivity contribution in [3.8, 4) is 0 Å². The number of aliphatic hydroxyl groups excluding tert-OH is 1. The van der Waals surface area contributed by atoms with Crippen molar-refractivity contribution in [2.24, 2.45) is 0 Å². The lowest BCUT2D eigenvalue weighted by molar-refractivity contribution is 0.173. The Balaban J connectivity index is 2.46. The lowest BCUT2D eigenvalue weighted by atomic mass is 10.1. The predicted molar refractivity (Wildman–Crippen MR) is 70.3 cm³/mol. The van der Waals surface area contributed by atoms with E-state index in [4.69, 9.17) is 0 Å². The van der Waals surface area contributed by atoms with Crippen LogP contribution in [0, 0.1) is 0 Å². The summed E-state index contributed by atoms with van der Waals surface area (Å²) in [4.78, 5) is 12.3. The summed E-state index contributed by atoms with van der Waals surface area (Å²) in [6.45, 7) is 2.63. The summed E-state index contributed by atoms with van der Waals surface area (Å²) in [5.74, 6) is 0. The molecule has 94 valence electrons. The van der Waals surface area contributed by atoms with E-state index in [1.54, 1.807) is 11.8 Å². The SMILES string of the molecule is CCNC(=O)NC[C@H](O)c1ccc(SC)cc1. The van der Waals surface area contributed by atoms with E-state index in [1.165, 1.54) is 0 Å². The molecule has 1 atom stereocenters. The highest BCUT2D eigenvalue weighted by Gasteiger charge is 2.08. The zero-order valence-corrected chi connectivity index (χ0v) is 10.9. The van der Waals surface area contributed by atoms with Crippen LogP contribution in [0.4, 0.5) is 4.79 Å². The molecule has 3 N–H and O–H groups in total. The zero-order chi connectivity index (χ0) is 12.7. The molecule has 4 nitrogen and oxygen atoms in total. The molecule has 0 saturated carbocycles. The van der Waals surface area contributed by atoms with Gasteiger partial charge in [0.2, 0.25) is 0 Å². The van der Waals surface area contributed by atoms with Crippen LogP contribution in [0.2, 0.25) is 0 Å². The quantitative estimate of drug-likeness (QED) is 0.702. The number of rotatable bonds is 5. The molecule has 0 unspecified atom stereocenters. The first-order chi connectivity index (χ1) is 8.17. The largest absolute Gasteiger partial charge is 0.387 e. The predicted octanol–water partition coefficient (Wildman–Crippen LogP) is 1.76. The van der Waals surface area contributed by atoms with E-state index in [-0.39, 0.29) is 12.6 Å². The minimum absolute atomic E-state index is 0.213. The first-order valence-corrected chi connectivity index (χ1v) is 6.73. The molecule has 1 aromatic rings. The number of aliphatic hydroxyl groups is 1. The molecule has 0 radical (unpaired) electrons. The summed E-state index contributed by atoms with van der Waals surface area (Å²) in [6, 6.07) is 7.39. The average Bonchev–Trinajstić information content (AvgIpc) is 2.36. The van der Waals surface area contributed by atoms with Crippen LogP contribution in [0.15, 0.2) is 29.2 Å². The average molecular weight is 254 g/mol. The van der Waals surface area contributed by atoms with Crippen LogP contribution in [-0.2, 0) is 0 Å². The summed E-state index contributed by atoms with van der Waals surface area (Å²) < 4.78 is 0. The normalized spacial score (nSPS) is 11.9. The number of thioether (sulfide) groups is 1. The molecule has 0 aliphatic carbocycles. The number of hydrogen-bond donors (Lipinski definition) is 3. The van der Waals surface area contributed by atoms with Crippen molar-refractivity contribution < 1.29 is 9.90 Å². The van der Waals surface area contributed by atoms with Gasteiger partial charge in [0, 0.05) is 18.0 Å². The highest BCUT2D eigenvalue weighted by atomic mass is 32.2. The second-order valence-corrected chi connectivity index (χ2v) is 4.41. The molecule has 0 aliphatic rings. The third kappa shape index (κ3) is 4.66. The third-order valence-electron chi connectivity index (χ3n) is 2.29. The minimum Gasteiger partial charge on any atom is -0.387 e. The molecule has 0 heterocycles. The molecular weight excluding hydrogens is 236 g/mol. The van der Waals surface area contributed by atoms with Crippen LogP contribution in [0.3, 0.4) is 0 Å². The third-order valence-corrected chi connectivity index (χ3v) is 3.04. The molecule has 17 heavy (non-hydrogen) atoms. The maximum Gasteiger partial charge on any atom is 0.314 e. The van der Waals surface area contributed by atoms with Crippen molar-refractivity contribution in [1.82, 2.24) is 10.6 Å². The fourth-order valence-electron chi connectivity index (χ4n) is 1.36. The monoisotopic (exact) mass is 254 g/mol. The van der Waals surface area contributed by atoms with Crippen molar-refractivity contribution >= 4 is 17.8 Å². The Bertz CT molecular complexity index is 354. The van der Waals surface area contributed by atoms with Crippen molar-refractivity contribution in [1.29, 1.82) is 0 Å². The van der Waals surface area contributed by atoms with Gasteiger partial charge in [-0.3, -0.25) is 0 Å². The molecule has 2 amide bonds. The van der Waals surface area contributed by atoms with Gasteiger partial charge in [-0.1, -0.05) is 12.1 Å².